The highest BCUT2D eigenvalue weighted by atomic mass is 35.5. The number of fused-ring (bicyclic) bond motifs is 2. The van der Waals surface area contributed by atoms with Crippen molar-refractivity contribution >= 4 is 23.2 Å². The van der Waals surface area contributed by atoms with Crippen LogP contribution in [0.4, 0.5) is 0 Å². The molecule has 3 rings (SSSR count). The second-order valence-corrected chi connectivity index (χ2v) is 6.55. The van der Waals surface area contributed by atoms with Gasteiger partial charge in [-0.25, -0.2) is 0 Å². The van der Waals surface area contributed by atoms with Crippen molar-refractivity contribution in [3.63, 3.8) is 0 Å². The lowest BCUT2D eigenvalue weighted by molar-refractivity contribution is 0.269. The van der Waals surface area contributed by atoms with Crippen LogP contribution in [-0.4, -0.2) is 5.54 Å². The number of benzene rings is 1. The molecule has 3 heteroatoms. The molecule has 17 heavy (non-hydrogen) atoms. The second-order valence-electron chi connectivity index (χ2n) is 5.74. The molecule has 2 saturated carbocycles. The van der Waals surface area contributed by atoms with Crippen molar-refractivity contribution in [2.75, 3.05) is 0 Å². The van der Waals surface area contributed by atoms with Crippen molar-refractivity contribution in [3.8, 4) is 0 Å². The zero-order valence-electron chi connectivity index (χ0n) is 9.76. The zero-order valence-corrected chi connectivity index (χ0v) is 11.3. The van der Waals surface area contributed by atoms with Crippen LogP contribution in [-0.2, 0) is 6.42 Å². The summed E-state index contributed by atoms with van der Waals surface area (Å²) < 4.78 is 0. The van der Waals surface area contributed by atoms with E-state index in [0.717, 1.165) is 12.3 Å². The molecule has 2 fully saturated rings. The maximum absolute atomic E-state index is 6.59. The minimum absolute atomic E-state index is 0.0000745. The lowest BCUT2D eigenvalue weighted by Crippen LogP contribution is -2.46. The van der Waals surface area contributed by atoms with Crippen LogP contribution in [0.3, 0.4) is 0 Å². The smallest absolute Gasteiger partial charge is 0.0595 e. The van der Waals surface area contributed by atoms with Gasteiger partial charge in [0, 0.05) is 5.54 Å². The quantitative estimate of drug-likeness (QED) is 0.861. The van der Waals surface area contributed by atoms with Crippen LogP contribution < -0.4 is 5.73 Å². The molecule has 0 heterocycles. The van der Waals surface area contributed by atoms with E-state index in [-0.39, 0.29) is 5.54 Å². The SMILES string of the molecule is NC1(Cc2ccc(Cl)c(Cl)c2)CC2CCC1C2. The van der Waals surface area contributed by atoms with Gasteiger partial charge in [0.1, 0.15) is 0 Å². The van der Waals surface area contributed by atoms with Crippen LogP contribution in [0.25, 0.3) is 0 Å². The van der Waals surface area contributed by atoms with Crippen molar-refractivity contribution in [3.05, 3.63) is 33.8 Å². The number of nitrogens with two attached hydrogens (primary N) is 1. The van der Waals surface area contributed by atoms with Crippen LogP contribution >= 0.6 is 23.2 Å². The van der Waals surface area contributed by atoms with E-state index >= 15 is 0 Å². The van der Waals surface area contributed by atoms with Gasteiger partial charge in [-0.2, -0.15) is 0 Å². The number of rotatable bonds is 2. The molecule has 92 valence electrons. The maximum atomic E-state index is 6.59. The Bertz CT molecular complexity index is 446. The fourth-order valence-corrected chi connectivity index (χ4v) is 4.05. The largest absolute Gasteiger partial charge is 0.325 e. The van der Waals surface area contributed by atoms with Gasteiger partial charge in [0.15, 0.2) is 0 Å². The molecule has 1 aromatic carbocycles. The third-order valence-corrected chi connectivity index (χ3v) is 5.28. The van der Waals surface area contributed by atoms with Gasteiger partial charge >= 0.3 is 0 Å². The van der Waals surface area contributed by atoms with Crippen LogP contribution in [0.5, 0.6) is 0 Å². The van der Waals surface area contributed by atoms with Gasteiger partial charge in [0.05, 0.1) is 10.0 Å². The molecule has 2 aliphatic rings. The first-order valence-electron chi connectivity index (χ1n) is 6.30. The summed E-state index contributed by atoms with van der Waals surface area (Å²) in [4.78, 5) is 0. The summed E-state index contributed by atoms with van der Waals surface area (Å²) in [5.74, 6) is 1.58. The van der Waals surface area contributed by atoms with E-state index in [4.69, 9.17) is 28.9 Å². The molecule has 0 spiro atoms. The molecule has 0 amide bonds. The number of halogens is 2. The predicted molar refractivity (Wildman–Crippen MR) is 72.5 cm³/mol. The van der Waals surface area contributed by atoms with E-state index in [0.29, 0.717) is 16.0 Å². The summed E-state index contributed by atoms with van der Waals surface area (Å²) in [7, 11) is 0. The van der Waals surface area contributed by atoms with E-state index in [2.05, 4.69) is 6.07 Å². The molecule has 0 radical (unpaired) electrons. The molecule has 1 aromatic rings. The third kappa shape index (κ3) is 2.09. The molecule has 0 aromatic heterocycles. The Hall–Kier alpha value is -0.240. The molecule has 2 N–H and O–H groups in total. The summed E-state index contributed by atoms with van der Waals surface area (Å²) in [5, 5.41) is 1.25. The first-order chi connectivity index (χ1) is 8.07. The molecule has 0 aliphatic heterocycles. The summed E-state index contributed by atoms with van der Waals surface area (Å²) in [6, 6.07) is 5.88. The van der Waals surface area contributed by atoms with E-state index in [1.54, 1.807) is 0 Å². The Morgan fingerprint density at radius 1 is 1.24 bits per heavy atom. The van der Waals surface area contributed by atoms with E-state index in [1.807, 2.05) is 12.1 Å². The Morgan fingerprint density at radius 2 is 2.06 bits per heavy atom. The second kappa shape index (κ2) is 4.15. The standard InChI is InChI=1S/C14H17Cl2N/c15-12-4-2-10(6-13(12)16)8-14(17)7-9-1-3-11(14)5-9/h2,4,6,9,11H,1,3,5,7-8,17H2. The van der Waals surface area contributed by atoms with E-state index in [9.17, 15) is 0 Å². The van der Waals surface area contributed by atoms with Crippen molar-refractivity contribution in [2.24, 2.45) is 17.6 Å². The average molecular weight is 270 g/mol. The molecular weight excluding hydrogens is 253 g/mol. The lowest BCUT2D eigenvalue weighted by Gasteiger charge is -2.34. The molecule has 0 saturated heterocycles. The third-order valence-electron chi connectivity index (χ3n) is 4.54. The minimum Gasteiger partial charge on any atom is -0.325 e. The highest BCUT2D eigenvalue weighted by Crippen LogP contribution is 2.50. The van der Waals surface area contributed by atoms with Crippen LogP contribution in [0, 0.1) is 11.8 Å². The highest BCUT2D eigenvalue weighted by Gasteiger charge is 2.48. The average Bonchev–Trinajstić information content (AvgIpc) is 2.83. The molecule has 3 atom stereocenters. The van der Waals surface area contributed by atoms with E-state index < -0.39 is 0 Å². The molecular formula is C14H17Cl2N. The Kier molecular flexibility index (Phi) is 2.89. The monoisotopic (exact) mass is 269 g/mol. The van der Waals surface area contributed by atoms with Crippen molar-refractivity contribution in [1.82, 2.24) is 0 Å². The summed E-state index contributed by atoms with van der Waals surface area (Å²) >= 11 is 12.0. The van der Waals surface area contributed by atoms with Gasteiger partial charge in [-0.05, 0) is 55.2 Å². The van der Waals surface area contributed by atoms with Crippen LogP contribution in [0.1, 0.15) is 31.2 Å². The van der Waals surface area contributed by atoms with Gasteiger partial charge in [0.2, 0.25) is 0 Å². The van der Waals surface area contributed by atoms with Gasteiger partial charge < -0.3 is 5.73 Å². The number of hydrogen-bond donors (Lipinski definition) is 1. The normalized spacial score (nSPS) is 35.5. The van der Waals surface area contributed by atoms with Gasteiger partial charge in [0.25, 0.3) is 0 Å². The minimum atomic E-state index is 0.0000745. The summed E-state index contributed by atoms with van der Waals surface area (Å²) in [6.07, 6.45) is 6.13. The summed E-state index contributed by atoms with van der Waals surface area (Å²) in [5.41, 5.74) is 7.81. The Labute approximate surface area is 112 Å². The van der Waals surface area contributed by atoms with Crippen molar-refractivity contribution in [1.29, 1.82) is 0 Å². The number of hydrogen-bond acceptors (Lipinski definition) is 1. The van der Waals surface area contributed by atoms with Gasteiger partial charge in [-0.1, -0.05) is 35.7 Å². The highest BCUT2D eigenvalue weighted by molar-refractivity contribution is 6.42. The first kappa shape index (κ1) is 11.8. The Morgan fingerprint density at radius 3 is 2.65 bits per heavy atom. The molecule has 2 aliphatic carbocycles. The molecule has 1 nitrogen and oxygen atoms in total. The molecule has 3 unspecified atom stereocenters. The van der Waals surface area contributed by atoms with Gasteiger partial charge in [-0.3, -0.25) is 0 Å². The Balaban J connectivity index is 1.80. The van der Waals surface area contributed by atoms with Crippen LogP contribution in [0.2, 0.25) is 10.0 Å². The van der Waals surface area contributed by atoms with Gasteiger partial charge in [-0.15, -0.1) is 0 Å². The lowest BCUT2D eigenvalue weighted by atomic mass is 9.77. The molecule has 2 bridgehead atoms. The topological polar surface area (TPSA) is 26.0 Å². The fourth-order valence-electron chi connectivity index (χ4n) is 3.73. The fraction of sp³-hybridized carbons (Fsp3) is 0.571. The maximum Gasteiger partial charge on any atom is 0.0595 e. The zero-order chi connectivity index (χ0) is 12.0. The first-order valence-corrected chi connectivity index (χ1v) is 7.05. The van der Waals surface area contributed by atoms with Crippen LogP contribution in [0.15, 0.2) is 18.2 Å². The predicted octanol–water partition coefficient (Wildman–Crippen LogP) is 4.05. The van der Waals surface area contributed by atoms with Crippen molar-refractivity contribution in [2.45, 2.75) is 37.6 Å². The van der Waals surface area contributed by atoms with E-state index in [1.165, 1.54) is 31.2 Å². The van der Waals surface area contributed by atoms with Crippen molar-refractivity contribution < 1.29 is 0 Å². The summed E-state index contributed by atoms with van der Waals surface area (Å²) in [6.45, 7) is 0.